The molecule has 2 N–H and O–H groups in total. The number of para-hydroxylation sites is 2. The van der Waals surface area contributed by atoms with E-state index in [0.717, 1.165) is 69.7 Å². The van der Waals surface area contributed by atoms with Gasteiger partial charge in [-0.05, 0) is 36.9 Å². The van der Waals surface area contributed by atoms with E-state index in [4.69, 9.17) is 4.74 Å². The molecule has 3 heterocycles. The number of guanidine groups is 1. The molecule has 4 rings (SSSR count). The van der Waals surface area contributed by atoms with Crippen LogP contribution in [0.4, 0.5) is 0 Å². The van der Waals surface area contributed by atoms with Crippen LogP contribution in [-0.2, 0) is 11.3 Å². The van der Waals surface area contributed by atoms with Crippen molar-refractivity contribution in [2.75, 3.05) is 46.4 Å². The molecular formula is C23H33IN6OS. The van der Waals surface area contributed by atoms with Crippen molar-refractivity contribution in [2.45, 2.75) is 25.9 Å². The number of thiophene rings is 1. The van der Waals surface area contributed by atoms with Gasteiger partial charge in [-0.25, -0.2) is 4.98 Å². The molecule has 1 atom stereocenters. The topological polar surface area (TPSA) is 66.7 Å². The van der Waals surface area contributed by atoms with Gasteiger partial charge >= 0.3 is 0 Å². The third-order valence-electron chi connectivity index (χ3n) is 5.74. The Morgan fingerprint density at radius 3 is 2.75 bits per heavy atom. The van der Waals surface area contributed by atoms with Crippen LogP contribution in [0.5, 0.6) is 0 Å². The molecule has 0 amide bonds. The molecule has 9 heteroatoms. The first-order valence-corrected chi connectivity index (χ1v) is 11.9. The Hall–Kier alpha value is -1.69. The SMILES string of the molecule is CN=C(NCCCn1c(C)nc2ccccc21)NCC(c1cccs1)N1CCOCC1.I. The van der Waals surface area contributed by atoms with Crippen LogP contribution in [-0.4, -0.2) is 66.9 Å². The maximum atomic E-state index is 5.54. The molecule has 1 saturated heterocycles. The minimum atomic E-state index is 0. The molecule has 1 aromatic carbocycles. The largest absolute Gasteiger partial charge is 0.379 e. The number of rotatable bonds is 8. The molecule has 0 radical (unpaired) electrons. The van der Waals surface area contributed by atoms with E-state index in [9.17, 15) is 0 Å². The minimum absolute atomic E-state index is 0. The van der Waals surface area contributed by atoms with E-state index in [0.29, 0.717) is 6.04 Å². The Morgan fingerprint density at radius 1 is 1.19 bits per heavy atom. The van der Waals surface area contributed by atoms with Crippen LogP contribution in [0.1, 0.15) is 23.2 Å². The third-order valence-corrected chi connectivity index (χ3v) is 6.71. The number of morpholine rings is 1. The zero-order chi connectivity index (χ0) is 21.5. The van der Waals surface area contributed by atoms with Crippen molar-refractivity contribution >= 4 is 52.3 Å². The van der Waals surface area contributed by atoms with Crippen molar-refractivity contribution < 1.29 is 4.74 Å². The predicted octanol–water partition coefficient (Wildman–Crippen LogP) is 3.65. The summed E-state index contributed by atoms with van der Waals surface area (Å²) in [6, 6.07) is 13.0. The van der Waals surface area contributed by atoms with Crippen LogP contribution >= 0.6 is 35.3 Å². The summed E-state index contributed by atoms with van der Waals surface area (Å²) in [6.45, 7) is 8.22. The van der Waals surface area contributed by atoms with Gasteiger partial charge in [-0.15, -0.1) is 35.3 Å². The zero-order valence-corrected chi connectivity index (χ0v) is 21.9. The van der Waals surface area contributed by atoms with Gasteiger partial charge in [-0.3, -0.25) is 9.89 Å². The number of benzene rings is 1. The fraction of sp³-hybridized carbons (Fsp3) is 0.478. The molecule has 0 bridgehead atoms. The second-order valence-electron chi connectivity index (χ2n) is 7.71. The van der Waals surface area contributed by atoms with Crippen LogP contribution in [0, 0.1) is 6.92 Å². The summed E-state index contributed by atoms with van der Waals surface area (Å²) >= 11 is 1.81. The third kappa shape index (κ3) is 6.21. The van der Waals surface area contributed by atoms with Crippen molar-refractivity contribution in [3.05, 3.63) is 52.5 Å². The van der Waals surface area contributed by atoms with Crippen molar-refractivity contribution in [3.8, 4) is 0 Å². The average Bonchev–Trinajstić information content (AvgIpc) is 3.44. The summed E-state index contributed by atoms with van der Waals surface area (Å²) < 4.78 is 7.83. The number of fused-ring (bicyclic) bond motifs is 1. The Balaban J connectivity index is 0.00000289. The first kappa shape index (κ1) is 24.9. The van der Waals surface area contributed by atoms with Gasteiger partial charge in [0.2, 0.25) is 0 Å². The van der Waals surface area contributed by atoms with Gasteiger partial charge in [0, 0.05) is 44.6 Å². The summed E-state index contributed by atoms with van der Waals surface area (Å²) in [5.74, 6) is 1.91. The highest BCUT2D eigenvalue weighted by Gasteiger charge is 2.23. The number of aromatic nitrogens is 2. The number of hydrogen-bond acceptors (Lipinski definition) is 5. The monoisotopic (exact) mass is 568 g/mol. The molecular weight excluding hydrogens is 535 g/mol. The van der Waals surface area contributed by atoms with Crippen molar-refractivity contribution in [3.63, 3.8) is 0 Å². The summed E-state index contributed by atoms with van der Waals surface area (Å²) in [5.41, 5.74) is 2.26. The van der Waals surface area contributed by atoms with E-state index in [-0.39, 0.29) is 24.0 Å². The van der Waals surface area contributed by atoms with E-state index in [2.05, 4.69) is 72.7 Å². The highest BCUT2D eigenvalue weighted by atomic mass is 127. The fourth-order valence-corrected chi connectivity index (χ4v) is 4.98. The summed E-state index contributed by atoms with van der Waals surface area (Å²) in [5, 5.41) is 9.15. The molecule has 0 saturated carbocycles. The molecule has 0 aliphatic carbocycles. The lowest BCUT2D eigenvalue weighted by Gasteiger charge is -2.34. The highest BCUT2D eigenvalue weighted by molar-refractivity contribution is 14.0. The van der Waals surface area contributed by atoms with Gasteiger partial charge in [-0.2, -0.15) is 0 Å². The number of nitrogens with zero attached hydrogens (tertiary/aromatic N) is 4. The summed E-state index contributed by atoms with van der Waals surface area (Å²) in [7, 11) is 1.83. The number of aliphatic imine (C=N–C) groups is 1. The minimum Gasteiger partial charge on any atom is -0.379 e. The molecule has 0 spiro atoms. The van der Waals surface area contributed by atoms with Gasteiger partial charge in [0.1, 0.15) is 5.82 Å². The van der Waals surface area contributed by atoms with E-state index in [1.807, 2.05) is 24.5 Å². The number of ether oxygens (including phenoxy) is 1. The molecule has 1 aliphatic heterocycles. The molecule has 7 nitrogen and oxygen atoms in total. The molecule has 32 heavy (non-hydrogen) atoms. The van der Waals surface area contributed by atoms with E-state index >= 15 is 0 Å². The summed E-state index contributed by atoms with van der Waals surface area (Å²) in [6.07, 6.45) is 1.000. The molecule has 2 aromatic heterocycles. The Bertz CT molecular complexity index is 984. The van der Waals surface area contributed by atoms with Crippen LogP contribution in [0.15, 0.2) is 46.8 Å². The number of nitrogens with one attached hydrogen (secondary N) is 2. The summed E-state index contributed by atoms with van der Waals surface area (Å²) in [4.78, 5) is 13.0. The van der Waals surface area contributed by atoms with E-state index in [1.54, 1.807) is 0 Å². The first-order valence-electron chi connectivity index (χ1n) is 11.0. The van der Waals surface area contributed by atoms with Crippen LogP contribution in [0.3, 0.4) is 0 Å². The highest BCUT2D eigenvalue weighted by Crippen LogP contribution is 2.25. The second kappa shape index (κ2) is 12.5. The standard InChI is InChI=1S/C23H32N6OS.HI/c1-18-27-19-7-3-4-8-20(19)29(18)11-6-10-25-23(24-2)26-17-21(22-9-5-16-31-22)28-12-14-30-15-13-28;/h3-5,7-9,16,21H,6,10-15,17H2,1-2H3,(H2,24,25,26);1H. The quantitative estimate of drug-likeness (QED) is 0.188. The van der Waals surface area contributed by atoms with Crippen molar-refractivity contribution in [1.82, 2.24) is 25.1 Å². The van der Waals surface area contributed by atoms with E-state index in [1.165, 1.54) is 10.4 Å². The fourth-order valence-electron chi connectivity index (χ4n) is 4.12. The molecule has 1 fully saturated rings. The van der Waals surface area contributed by atoms with Gasteiger partial charge in [0.25, 0.3) is 0 Å². The van der Waals surface area contributed by atoms with Crippen molar-refractivity contribution in [2.24, 2.45) is 4.99 Å². The molecule has 174 valence electrons. The maximum Gasteiger partial charge on any atom is 0.191 e. The second-order valence-corrected chi connectivity index (χ2v) is 8.69. The Labute approximate surface area is 211 Å². The zero-order valence-electron chi connectivity index (χ0n) is 18.8. The van der Waals surface area contributed by atoms with Gasteiger partial charge in [0.05, 0.1) is 30.3 Å². The molecule has 1 aliphatic rings. The first-order chi connectivity index (χ1) is 15.3. The normalized spacial score (nSPS) is 16.0. The lowest BCUT2D eigenvalue weighted by molar-refractivity contribution is 0.0177. The Morgan fingerprint density at radius 2 is 2.00 bits per heavy atom. The number of halogens is 1. The van der Waals surface area contributed by atoms with Crippen molar-refractivity contribution in [1.29, 1.82) is 0 Å². The lowest BCUT2D eigenvalue weighted by atomic mass is 10.2. The average molecular weight is 569 g/mol. The number of aryl methyl sites for hydroxylation is 2. The van der Waals surface area contributed by atoms with Gasteiger partial charge in [-0.1, -0.05) is 18.2 Å². The number of hydrogen-bond donors (Lipinski definition) is 2. The predicted molar refractivity (Wildman–Crippen MR) is 143 cm³/mol. The van der Waals surface area contributed by atoms with E-state index < -0.39 is 0 Å². The number of imidazole rings is 1. The molecule has 1 unspecified atom stereocenters. The lowest BCUT2D eigenvalue weighted by Crippen LogP contribution is -2.46. The van der Waals surface area contributed by atoms with Crippen LogP contribution < -0.4 is 10.6 Å². The smallest absolute Gasteiger partial charge is 0.191 e. The Kier molecular flexibility index (Phi) is 9.76. The maximum absolute atomic E-state index is 5.54. The van der Waals surface area contributed by atoms with Gasteiger partial charge in [0.15, 0.2) is 5.96 Å². The van der Waals surface area contributed by atoms with Gasteiger partial charge < -0.3 is 19.9 Å². The van der Waals surface area contributed by atoms with Crippen LogP contribution in [0.25, 0.3) is 11.0 Å². The molecule has 3 aromatic rings. The van der Waals surface area contributed by atoms with Crippen LogP contribution in [0.2, 0.25) is 0 Å².